The van der Waals surface area contributed by atoms with Crippen LogP contribution in [0.1, 0.15) is 54.4 Å². The number of nitrogens with zero attached hydrogens (tertiary/aromatic N) is 3. The molecule has 1 aliphatic carbocycles. The molecule has 0 spiro atoms. The van der Waals surface area contributed by atoms with E-state index in [2.05, 4.69) is 15.4 Å². The number of hydrogen-bond acceptors (Lipinski definition) is 5. The molecular weight excluding hydrogens is 380 g/mol. The lowest BCUT2D eigenvalue weighted by atomic mass is 10.1. The number of methoxy groups -OCH3 is 2. The molecule has 0 bridgehead atoms. The highest BCUT2D eigenvalue weighted by Crippen LogP contribution is 2.26. The summed E-state index contributed by atoms with van der Waals surface area (Å²) in [5.74, 6) is 1.42. The predicted octanol–water partition coefficient (Wildman–Crippen LogP) is 3.95. The van der Waals surface area contributed by atoms with Gasteiger partial charge in [0.1, 0.15) is 11.5 Å². The Labute approximate surface area is 176 Å². The Kier molecular flexibility index (Phi) is 6.16. The van der Waals surface area contributed by atoms with Crippen LogP contribution >= 0.6 is 0 Å². The molecule has 0 saturated heterocycles. The van der Waals surface area contributed by atoms with Crippen LogP contribution in [0.25, 0.3) is 11.0 Å². The molecule has 1 N–H and O–H groups in total. The number of pyridine rings is 1. The zero-order valence-electron chi connectivity index (χ0n) is 17.6. The van der Waals surface area contributed by atoms with E-state index in [1.165, 1.54) is 25.7 Å². The number of fused-ring (bicyclic) bond motifs is 1. The van der Waals surface area contributed by atoms with Crippen molar-refractivity contribution in [1.82, 2.24) is 20.1 Å². The van der Waals surface area contributed by atoms with E-state index in [0.717, 1.165) is 40.9 Å². The van der Waals surface area contributed by atoms with Gasteiger partial charge in [-0.3, -0.25) is 4.79 Å². The maximum Gasteiger partial charge on any atom is 0.253 e. The first kappa shape index (κ1) is 20.2. The summed E-state index contributed by atoms with van der Waals surface area (Å²) in [6, 6.07) is 7.83. The number of rotatable bonds is 6. The predicted molar refractivity (Wildman–Crippen MR) is 115 cm³/mol. The molecule has 4 rings (SSSR count). The van der Waals surface area contributed by atoms with Crippen LogP contribution in [0.4, 0.5) is 0 Å². The van der Waals surface area contributed by atoms with Gasteiger partial charge >= 0.3 is 0 Å². The number of aromatic nitrogens is 3. The fourth-order valence-electron chi connectivity index (χ4n) is 4.05. The van der Waals surface area contributed by atoms with Crippen LogP contribution in [0.5, 0.6) is 11.5 Å². The van der Waals surface area contributed by atoms with E-state index in [0.29, 0.717) is 12.1 Å². The van der Waals surface area contributed by atoms with E-state index >= 15 is 0 Å². The van der Waals surface area contributed by atoms with E-state index in [9.17, 15) is 4.79 Å². The molecule has 3 aromatic rings. The van der Waals surface area contributed by atoms with E-state index < -0.39 is 0 Å². The van der Waals surface area contributed by atoms with Crippen LogP contribution in [0.2, 0.25) is 0 Å². The SMILES string of the molecule is COc1ccc(Cn2ncc3cc(C(=O)NC4CCCCCC4)cnc32)c(OC)c1. The minimum atomic E-state index is -0.0547. The number of benzene rings is 1. The van der Waals surface area contributed by atoms with Gasteiger partial charge in [0, 0.05) is 29.3 Å². The van der Waals surface area contributed by atoms with Gasteiger partial charge in [0.05, 0.1) is 32.5 Å². The Bertz CT molecular complexity index is 1020. The van der Waals surface area contributed by atoms with Crippen molar-refractivity contribution in [2.75, 3.05) is 14.2 Å². The zero-order chi connectivity index (χ0) is 20.9. The molecule has 7 heteroatoms. The largest absolute Gasteiger partial charge is 0.497 e. The lowest BCUT2D eigenvalue weighted by Crippen LogP contribution is -2.34. The van der Waals surface area contributed by atoms with Gasteiger partial charge < -0.3 is 14.8 Å². The first-order valence-electron chi connectivity index (χ1n) is 10.5. The summed E-state index contributed by atoms with van der Waals surface area (Å²) in [5.41, 5.74) is 2.28. The summed E-state index contributed by atoms with van der Waals surface area (Å²) >= 11 is 0. The van der Waals surface area contributed by atoms with Gasteiger partial charge in [0.2, 0.25) is 0 Å². The van der Waals surface area contributed by atoms with Gasteiger partial charge in [0.25, 0.3) is 5.91 Å². The molecule has 1 amide bonds. The van der Waals surface area contributed by atoms with Crippen LogP contribution in [-0.4, -0.2) is 40.9 Å². The smallest absolute Gasteiger partial charge is 0.253 e. The van der Waals surface area contributed by atoms with Crippen molar-refractivity contribution in [2.45, 2.75) is 51.1 Å². The van der Waals surface area contributed by atoms with Crippen molar-refractivity contribution in [3.8, 4) is 11.5 Å². The van der Waals surface area contributed by atoms with Crippen LogP contribution in [-0.2, 0) is 6.54 Å². The second kappa shape index (κ2) is 9.15. The van der Waals surface area contributed by atoms with E-state index in [4.69, 9.17) is 9.47 Å². The highest BCUT2D eigenvalue weighted by atomic mass is 16.5. The summed E-state index contributed by atoms with van der Waals surface area (Å²) in [7, 11) is 3.26. The number of carbonyl (C=O) groups excluding carboxylic acids is 1. The number of nitrogens with one attached hydrogen (secondary N) is 1. The van der Waals surface area contributed by atoms with E-state index in [1.54, 1.807) is 26.6 Å². The van der Waals surface area contributed by atoms with Gasteiger partial charge in [-0.15, -0.1) is 0 Å². The fraction of sp³-hybridized carbons (Fsp3) is 0.435. The molecule has 2 heterocycles. The third-order valence-electron chi connectivity index (χ3n) is 5.74. The van der Waals surface area contributed by atoms with Crippen LogP contribution in [0, 0.1) is 0 Å². The lowest BCUT2D eigenvalue weighted by molar-refractivity contribution is 0.0933. The average molecular weight is 409 g/mol. The Morgan fingerprint density at radius 3 is 2.63 bits per heavy atom. The van der Waals surface area contributed by atoms with Crippen molar-refractivity contribution < 1.29 is 14.3 Å². The van der Waals surface area contributed by atoms with Gasteiger partial charge in [0.15, 0.2) is 5.65 Å². The van der Waals surface area contributed by atoms with Crippen molar-refractivity contribution in [3.05, 3.63) is 47.8 Å². The Balaban J connectivity index is 1.52. The quantitative estimate of drug-likeness (QED) is 0.625. The van der Waals surface area contributed by atoms with Gasteiger partial charge in [-0.05, 0) is 31.0 Å². The first-order chi connectivity index (χ1) is 14.7. The Morgan fingerprint density at radius 1 is 1.10 bits per heavy atom. The maximum absolute atomic E-state index is 12.7. The second-order valence-electron chi connectivity index (χ2n) is 7.78. The molecule has 1 saturated carbocycles. The van der Waals surface area contributed by atoms with Gasteiger partial charge in [-0.2, -0.15) is 5.10 Å². The monoisotopic (exact) mass is 408 g/mol. The zero-order valence-corrected chi connectivity index (χ0v) is 17.6. The lowest BCUT2D eigenvalue weighted by Gasteiger charge is -2.16. The Morgan fingerprint density at radius 2 is 1.90 bits per heavy atom. The van der Waals surface area contributed by atoms with Crippen LogP contribution in [0.15, 0.2) is 36.7 Å². The third-order valence-corrected chi connectivity index (χ3v) is 5.74. The van der Waals surface area contributed by atoms with Crippen molar-refractivity contribution in [3.63, 3.8) is 0 Å². The molecule has 0 aliphatic heterocycles. The number of ether oxygens (including phenoxy) is 2. The van der Waals surface area contributed by atoms with Gasteiger partial charge in [-0.1, -0.05) is 25.7 Å². The minimum absolute atomic E-state index is 0.0547. The summed E-state index contributed by atoms with van der Waals surface area (Å²) in [5, 5.41) is 8.49. The molecule has 0 radical (unpaired) electrons. The molecule has 1 aliphatic rings. The maximum atomic E-state index is 12.7. The third kappa shape index (κ3) is 4.40. The molecule has 2 aromatic heterocycles. The molecule has 7 nitrogen and oxygen atoms in total. The summed E-state index contributed by atoms with van der Waals surface area (Å²) in [4.78, 5) is 17.2. The first-order valence-corrected chi connectivity index (χ1v) is 10.5. The van der Waals surface area contributed by atoms with E-state index in [1.807, 2.05) is 28.9 Å². The average Bonchev–Trinajstić information content (AvgIpc) is 2.99. The normalized spacial score (nSPS) is 15.0. The van der Waals surface area contributed by atoms with Gasteiger partial charge in [-0.25, -0.2) is 9.67 Å². The highest BCUT2D eigenvalue weighted by molar-refractivity contribution is 5.97. The van der Waals surface area contributed by atoms with Crippen molar-refractivity contribution in [2.24, 2.45) is 0 Å². The minimum Gasteiger partial charge on any atom is -0.497 e. The van der Waals surface area contributed by atoms with Crippen LogP contribution < -0.4 is 14.8 Å². The number of carbonyl (C=O) groups is 1. The standard InChI is InChI=1S/C23H28N4O3/c1-29-20-10-9-16(21(12-20)30-2)15-27-22-17(14-25-27)11-18(13-24-22)23(28)26-19-7-5-3-4-6-8-19/h9-14,19H,3-8,15H2,1-2H3,(H,26,28). The van der Waals surface area contributed by atoms with E-state index in [-0.39, 0.29) is 11.9 Å². The molecular formula is C23H28N4O3. The van der Waals surface area contributed by atoms with Crippen molar-refractivity contribution >= 4 is 16.9 Å². The Hall–Kier alpha value is -3.09. The van der Waals surface area contributed by atoms with Crippen LogP contribution in [0.3, 0.4) is 0 Å². The molecule has 1 fully saturated rings. The second-order valence-corrected chi connectivity index (χ2v) is 7.78. The summed E-state index contributed by atoms with van der Waals surface area (Å²) in [6.45, 7) is 0.511. The molecule has 158 valence electrons. The molecule has 0 unspecified atom stereocenters. The molecule has 30 heavy (non-hydrogen) atoms. The molecule has 0 atom stereocenters. The fourth-order valence-corrected chi connectivity index (χ4v) is 4.05. The number of hydrogen-bond donors (Lipinski definition) is 1. The summed E-state index contributed by atoms with van der Waals surface area (Å²) in [6.07, 6.45) is 10.4. The van der Waals surface area contributed by atoms with Crippen molar-refractivity contribution in [1.29, 1.82) is 0 Å². The molecule has 1 aromatic carbocycles. The highest BCUT2D eigenvalue weighted by Gasteiger charge is 2.17. The summed E-state index contributed by atoms with van der Waals surface area (Å²) < 4.78 is 12.6. The number of amides is 1. The topological polar surface area (TPSA) is 78.3 Å².